The summed E-state index contributed by atoms with van der Waals surface area (Å²) in [6, 6.07) is 8.68. The zero-order chi connectivity index (χ0) is 18.0. The molecule has 0 spiro atoms. The Kier molecular flexibility index (Phi) is 4.52. The lowest BCUT2D eigenvalue weighted by molar-refractivity contribution is -0.274. The maximum absolute atomic E-state index is 13.8. The van der Waals surface area contributed by atoms with E-state index in [4.69, 9.17) is 0 Å². The van der Waals surface area contributed by atoms with E-state index in [1.165, 1.54) is 42.6 Å². The molecule has 0 amide bonds. The SMILES string of the molecule is Fc1cccc(C2=NC(Cc3ccc(OC(F)(F)F)cc3)C=N2)c1F. The number of ether oxygens (including phenoxy) is 1. The van der Waals surface area contributed by atoms with Gasteiger partial charge in [0, 0.05) is 6.21 Å². The summed E-state index contributed by atoms with van der Waals surface area (Å²) < 4.78 is 67.2. The van der Waals surface area contributed by atoms with Gasteiger partial charge >= 0.3 is 6.36 Å². The van der Waals surface area contributed by atoms with E-state index < -0.39 is 24.0 Å². The lowest BCUT2D eigenvalue weighted by Crippen LogP contribution is -2.17. The zero-order valence-corrected chi connectivity index (χ0v) is 12.6. The normalized spacial score (nSPS) is 16.8. The molecule has 25 heavy (non-hydrogen) atoms. The molecule has 0 aliphatic carbocycles. The predicted molar refractivity (Wildman–Crippen MR) is 82.0 cm³/mol. The number of hydrogen-bond donors (Lipinski definition) is 0. The van der Waals surface area contributed by atoms with Crippen LogP contribution in [0.2, 0.25) is 0 Å². The van der Waals surface area contributed by atoms with E-state index in [2.05, 4.69) is 14.7 Å². The van der Waals surface area contributed by atoms with Crippen molar-refractivity contribution >= 4 is 12.1 Å². The van der Waals surface area contributed by atoms with Crippen LogP contribution in [0.15, 0.2) is 52.4 Å². The van der Waals surface area contributed by atoms with Gasteiger partial charge in [0.25, 0.3) is 0 Å². The van der Waals surface area contributed by atoms with Crippen molar-refractivity contribution in [3.8, 4) is 5.75 Å². The molecule has 0 saturated carbocycles. The lowest BCUT2D eigenvalue weighted by Gasteiger charge is -2.09. The minimum Gasteiger partial charge on any atom is -0.406 e. The summed E-state index contributed by atoms with van der Waals surface area (Å²) in [6.45, 7) is 0. The largest absolute Gasteiger partial charge is 0.573 e. The van der Waals surface area contributed by atoms with Crippen LogP contribution in [-0.2, 0) is 6.42 Å². The van der Waals surface area contributed by atoms with Gasteiger partial charge in [-0.1, -0.05) is 18.2 Å². The van der Waals surface area contributed by atoms with Gasteiger partial charge in [-0.15, -0.1) is 13.2 Å². The van der Waals surface area contributed by atoms with Gasteiger partial charge in [0.2, 0.25) is 0 Å². The maximum Gasteiger partial charge on any atom is 0.573 e. The fourth-order valence-electron chi connectivity index (χ4n) is 2.36. The predicted octanol–water partition coefficient (Wildman–Crippen LogP) is 4.31. The summed E-state index contributed by atoms with van der Waals surface area (Å²) in [6.07, 6.45) is -2.90. The number of rotatable bonds is 4. The molecule has 1 aliphatic rings. The van der Waals surface area contributed by atoms with E-state index in [-0.39, 0.29) is 17.1 Å². The molecule has 1 unspecified atom stereocenters. The van der Waals surface area contributed by atoms with Crippen LogP contribution in [0.1, 0.15) is 11.1 Å². The van der Waals surface area contributed by atoms with Crippen LogP contribution < -0.4 is 4.74 Å². The van der Waals surface area contributed by atoms with E-state index in [9.17, 15) is 22.0 Å². The van der Waals surface area contributed by atoms with Gasteiger partial charge in [-0.05, 0) is 36.2 Å². The average molecular weight is 354 g/mol. The first-order valence-electron chi connectivity index (χ1n) is 7.23. The molecule has 1 heterocycles. The number of benzene rings is 2. The Bertz CT molecular complexity index is 828. The van der Waals surface area contributed by atoms with Crippen molar-refractivity contribution in [2.24, 2.45) is 9.98 Å². The monoisotopic (exact) mass is 354 g/mol. The molecular formula is C17H11F5N2O. The summed E-state index contributed by atoms with van der Waals surface area (Å²) in [5.74, 6) is -2.24. The highest BCUT2D eigenvalue weighted by molar-refractivity contribution is 6.07. The number of halogens is 5. The Morgan fingerprint density at radius 1 is 1.00 bits per heavy atom. The smallest absolute Gasteiger partial charge is 0.406 e. The highest BCUT2D eigenvalue weighted by Crippen LogP contribution is 2.23. The number of nitrogens with zero attached hydrogens (tertiary/aromatic N) is 2. The first kappa shape index (κ1) is 17.1. The Hall–Kier alpha value is -2.77. The zero-order valence-electron chi connectivity index (χ0n) is 12.6. The first-order valence-corrected chi connectivity index (χ1v) is 7.23. The highest BCUT2D eigenvalue weighted by atomic mass is 19.4. The van der Waals surface area contributed by atoms with E-state index in [0.717, 1.165) is 6.07 Å². The molecule has 0 bridgehead atoms. The molecule has 1 atom stereocenters. The summed E-state index contributed by atoms with van der Waals surface area (Å²) in [5, 5.41) is 0. The molecule has 130 valence electrons. The molecule has 3 nitrogen and oxygen atoms in total. The minimum absolute atomic E-state index is 0.0346. The fourth-order valence-corrected chi connectivity index (χ4v) is 2.36. The van der Waals surface area contributed by atoms with Crippen LogP contribution in [0, 0.1) is 11.6 Å². The van der Waals surface area contributed by atoms with E-state index >= 15 is 0 Å². The van der Waals surface area contributed by atoms with Crippen LogP contribution in [0.3, 0.4) is 0 Å². The van der Waals surface area contributed by atoms with Crippen molar-refractivity contribution in [3.05, 3.63) is 65.2 Å². The van der Waals surface area contributed by atoms with Crippen LogP contribution in [0.4, 0.5) is 22.0 Å². The third-order valence-electron chi connectivity index (χ3n) is 3.45. The highest BCUT2D eigenvalue weighted by Gasteiger charge is 2.31. The van der Waals surface area contributed by atoms with Crippen molar-refractivity contribution < 1.29 is 26.7 Å². The Morgan fingerprint density at radius 2 is 1.72 bits per heavy atom. The second-order valence-corrected chi connectivity index (χ2v) is 5.30. The molecule has 0 saturated heterocycles. The van der Waals surface area contributed by atoms with Crippen LogP contribution >= 0.6 is 0 Å². The van der Waals surface area contributed by atoms with E-state index in [1.54, 1.807) is 0 Å². The topological polar surface area (TPSA) is 34.0 Å². The quantitative estimate of drug-likeness (QED) is 0.754. The number of amidine groups is 1. The standard InChI is InChI=1S/C17H11F5N2O/c18-14-3-1-2-13(15(14)19)16-23-9-11(24-16)8-10-4-6-12(7-5-10)25-17(20,21)22/h1-7,9,11H,8H2. The molecular weight excluding hydrogens is 343 g/mol. The van der Waals surface area contributed by atoms with Gasteiger partial charge in [0.15, 0.2) is 17.5 Å². The van der Waals surface area contributed by atoms with E-state index in [0.29, 0.717) is 12.0 Å². The van der Waals surface area contributed by atoms with Crippen molar-refractivity contribution in [1.82, 2.24) is 0 Å². The molecule has 8 heteroatoms. The number of aliphatic imine (C=N–C) groups is 2. The van der Waals surface area contributed by atoms with Gasteiger partial charge in [-0.25, -0.2) is 13.8 Å². The second-order valence-electron chi connectivity index (χ2n) is 5.30. The maximum atomic E-state index is 13.8. The van der Waals surface area contributed by atoms with Crippen LogP contribution in [0.25, 0.3) is 0 Å². The molecule has 3 rings (SSSR count). The van der Waals surface area contributed by atoms with Gasteiger partial charge in [-0.2, -0.15) is 0 Å². The van der Waals surface area contributed by atoms with Crippen LogP contribution in [0.5, 0.6) is 5.75 Å². The summed E-state index contributed by atoms with van der Waals surface area (Å²) >= 11 is 0. The lowest BCUT2D eigenvalue weighted by atomic mass is 10.1. The summed E-state index contributed by atoms with van der Waals surface area (Å²) in [7, 11) is 0. The minimum atomic E-state index is -4.74. The molecule has 2 aromatic rings. The van der Waals surface area contributed by atoms with Crippen molar-refractivity contribution in [2.75, 3.05) is 0 Å². The molecule has 1 aliphatic heterocycles. The fraction of sp³-hybridized carbons (Fsp3) is 0.176. The Morgan fingerprint density at radius 3 is 2.40 bits per heavy atom. The van der Waals surface area contributed by atoms with E-state index in [1.807, 2.05) is 0 Å². The molecule has 0 fully saturated rings. The molecule has 0 N–H and O–H groups in total. The summed E-state index contributed by atoms with van der Waals surface area (Å²) in [4.78, 5) is 8.21. The van der Waals surface area contributed by atoms with Gasteiger partial charge in [0.05, 0.1) is 11.6 Å². The molecule has 0 radical (unpaired) electrons. The number of hydrogen-bond acceptors (Lipinski definition) is 3. The van der Waals surface area contributed by atoms with Crippen molar-refractivity contribution in [2.45, 2.75) is 18.8 Å². The van der Waals surface area contributed by atoms with Crippen LogP contribution in [-0.4, -0.2) is 24.5 Å². The van der Waals surface area contributed by atoms with Gasteiger partial charge < -0.3 is 4.74 Å². The van der Waals surface area contributed by atoms with Crippen molar-refractivity contribution in [3.63, 3.8) is 0 Å². The van der Waals surface area contributed by atoms with Crippen molar-refractivity contribution in [1.29, 1.82) is 0 Å². The van der Waals surface area contributed by atoms with Gasteiger partial charge in [-0.3, -0.25) is 4.99 Å². The number of alkyl halides is 3. The molecule has 0 aromatic heterocycles. The first-order chi connectivity index (χ1) is 11.8. The second kappa shape index (κ2) is 6.62. The van der Waals surface area contributed by atoms with Gasteiger partial charge in [0.1, 0.15) is 5.75 Å². The summed E-state index contributed by atoms with van der Waals surface area (Å²) in [5.41, 5.74) is 0.670. The Labute approximate surface area is 139 Å². The molecule has 2 aromatic carbocycles. The Balaban J connectivity index is 1.70. The third kappa shape index (κ3) is 4.20. The third-order valence-corrected chi connectivity index (χ3v) is 3.45. The average Bonchev–Trinajstić information content (AvgIpc) is 2.99.